The SMILES string of the molecule is COc1cncc(-c2cc(CNC(C)C)ccc2C)c1. The number of aromatic nitrogens is 1. The minimum absolute atomic E-state index is 0.484. The van der Waals surface area contributed by atoms with Crippen molar-refractivity contribution in [2.75, 3.05) is 7.11 Å². The minimum Gasteiger partial charge on any atom is -0.495 e. The second kappa shape index (κ2) is 6.53. The van der Waals surface area contributed by atoms with Gasteiger partial charge in [-0.05, 0) is 35.7 Å². The minimum atomic E-state index is 0.484. The van der Waals surface area contributed by atoms with Crippen LogP contribution in [0.3, 0.4) is 0 Å². The molecule has 0 saturated carbocycles. The first-order valence-corrected chi connectivity index (χ1v) is 6.92. The van der Waals surface area contributed by atoms with Gasteiger partial charge in [0.15, 0.2) is 0 Å². The monoisotopic (exact) mass is 270 g/mol. The van der Waals surface area contributed by atoms with E-state index in [9.17, 15) is 0 Å². The van der Waals surface area contributed by atoms with Gasteiger partial charge in [0.25, 0.3) is 0 Å². The Hall–Kier alpha value is -1.87. The Kier molecular flexibility index (Phi) is 4.74. The molecular formula is C17H22N2O. The first-order valence-electron chi connectivity index (χ1n) is 6.92. The van der Waals surface area contributed by atoms with Gasteiger partial charge in [0.05, 0.1) is 13.3 Å². The van der Waals surface area contributed by atoms with E-state index in [1.54, 1.807) is 13.3 Å². The molecule has 1 aromatic heterocycles. The Morgan fingerprint density at radius 1 is 1.20 bits per heavy atom. The molecule has 0 saturated heterocycles. The maximum Gasteiger partial charge on any atom is 0.137 e. The Balaban J connectivity index is 2.32. The maximum absolute atomic E-state index is 5.25. The summed E-state index contributed by atoms with van der Waals surface area (Å²) >= 11 is 0. The van der Waals surface area contributed by atoms with E-state index >= 15 is 0 Å². The van der Waals surface area contributed by atoms with E-state index in [0.717, 1.165) is 17.9 Å². The summed E-state index contributed by atoms with van der Waals surface area (Å²) in [6.07, 6.45) is 3.60. The fraction of sp³-hybridized carbons (Fsp3) is 0.353. The van der Waals surface area contributed by atoms with Gasteiger partial charge in [-0.15, -0.1) is 0 Å². The van der Waals surface area contributed by atoms with Gasteiger partial charge < -0.3 is 10.1 Å². The van der Waals surface area contributed by atoms with E-state index in [4.69, 9.17) is 4.74 Å². The van der Waals surface area contributed by atoms with Crippen molar-refractivity contribution in [3.63, 3.8) is 0 Å². The lowest BCUT2D eigenvalue weighted by atomic mass is 9.99. The Morgan fingerprint density at radius 3 is 2.70 bits per heavy atom. The predicted octanol–water partition coefficient (Wildman–Crippen LogP) is 3.56. The summed E-state index contributed by atoms with van der Waals surface area (Å²) in [6, 6.07) is 9.06. The highest BCUT2D eigenvalue weighted by molar-refractivity contribution is 5.68. The first-order chi connectivity index (χ1) is 9.60. The number of pyridine rings is 1. The molecule has 106 valence electrons. The number of benzene rings is 1. The molecule has 20 heavy (non-hydrogen) atoms. The van der Waals surface area contributed by atoms with Crippen LogP contribution in [-0.4, -0.2) is 18.1 Å². The molecule has 2 rings (SSSR count). The fourth-order valence-corrected chi connectivity index (χ4v) is 2.09. The number of hydrogen-bond acceptors (Lipinski definition) is 3. The molecule has 0 aliphatic rings. The molecule has 0 bridgehead atoms. The second-order valence-electron chi connectivity index (χ2n) is 5.30. The third-order valence-corrected chi connectivity index (χ3v) is 3.28. The van der Waals surface area contributed by atoms with Crippen molar-refractivity contribution in [2.24, 2.45) is 0 Å². The molecule has 0 aliphatic carbocycles. The van der Waals surface area contributed by atoms with Gasteiger partial charge in [-0.3, -0.25) is 4.98 Å². The average molecular weight is 270 g/mol. The van der Waals surface area contributed by atoms with Gasteiger partial charge in [-0.1, -0.05) is 26.0 Å². The van der Waals surface area contributed by atoms with E-state index in [0.29, 0.717) is 6.04 Å². The maximum atomic E-state index is 5.25. The zero-order chi connectivity index (χ0) is 14.5. The van der Waals surface area contributed by atoms with Gasteiger partial charge in [-0.25, -0.2) is 0 Å². The summed E-state index contributed by atoms with van der Waals surface area (Å²) in [5, 5.41) is 3.44. The highest BCUT2D eigenvalue weighted by Crippen LogP contribution is 2.26. The summed E-state index contributed by atoms with van der Waals surface area (Å²) in [4.78, 5) is 4.24. The molecule has 1 aromatic carbocycles. The summed E-state index contributed by atoms with van der Waals surface area (Å²) in [5.41, 5.74) is 4.82. The normalized spacial score (nSPS) is 10.8. The van der Waals surface area contributed by atoms with Crippen molar-refractivity contribution in [1.29, 1.82) is 0 Å². The quantitative estimate of drug-likeness (QED) is 0.902. The Labute approximate surface area is 121 Å². The molecule has 1 heterocycles. The van der Waals surface area contributed by atoms with Crippen molar-refractivity contribution in [2.45, 2.75) is 33.4 Å². The predicted molar refractivity (Wildman–Crippen MR) is 82.9 cm³/mol. The molecule has 0 atom stereocenters. The molecule has 0 aliphatic heterocycles. The molecule has 2 aromatic rings. The zero-order valence-electron chi connectivity index (χ0n) is 12.6. The molecular weight excluding hydrogens is 248 g/mol. The molecule has 0 radical (unpaired) electrons. The van der Waals surface area contributed by atoms with Crippen LogP contribution in [0.15, 0.2) is 36.7 Å². The molecule has 0 spiro atoms. The zero-order valence-corrected chi connectivity index (χ0v) is 12.6. The van der Waals surface area contributed by atoms with Crippen LogP contribution in [0.5, 0.6) is 5.75 Å². The van der Waals surface area contributed by atoms with Crippen LogP contribution in [0.4, 0.5) is 0 Å². The van der Waals surface area contributed by atoms with Crippen molar-refractivity contribution >= 4 is 0 Å². The molecule has 0 amide bonds. The number of rotatable bonds is 5. The number of ether oxygens (including phenoxy) is 1. The van der Waals surface area contributed by atoms with Crippen LogP contribution in [0, 0.1) is 6.92 Å². The Morgan fingerprint density at radius 2 is 2.00 bits per heavy atom. The van der Waals surface area contributed by atoms with Crippen LogP contribution >= 0.6 is 0 Å². The molecule has 0 fully saturated rings. The largest absolute Gasteiger partial charge is 0.495 e. The number of nitrogens with zero attached hydrogens (tertiary/aromatic N) is 1. The number of nitrogens with one attached hydrogen (secondary N) is 1. The standard InChI is InChI=1S/C17H22N2O/c1-12(2)19-9-14-6-5-13(3)17(7-14)15-8-16(20-4)11-18-10-15/h5-8,10-12,19H,9H2,1-4H3. The first kappa shape index (κ1) is 14.5. The van der Waals surface area contributed by atoms with E-state index in [1.807, 2.05) is 12.3 Å². The van der Waals surface area contributed by atoms with E-state index in [1.165, 1.54) is 16.7 Å². The highest BCUT2D eigenvalue weighted by atomic mass is 16.5. The highest BCUT2D eigenvalue weighted by Gasteiger charge is 2.06. The molecule has 1 N–H and O–H groups in total. The van der Waals surface area contributed by atoms with Gasteiger partial charge in [0.1, 0.15) is 5.75 Å². The Bertz CT molecular complexity index is 579. The van der Waals surface area contributed by atoms with Gasteiger partial charge >= 0.3 is 0 Å². The van der Waals surface area contributed by atoms with Crippen LogP contribution in [-0.2, 0) is 6.54 Å². The lowest BCUT2D eigenvalue weighted by Crippen LogP contribution is -2.21. The second-order valence-corrected chi connectivity index (χ2v) is 5.30. The lowest BCUT2D eigenvalue weighted by molar-refractivity contribution is 0.413. The smallest absolute Gasteiger partial charge is 0.137 e. The third kappa shape index (κ3) is 3.58. The topological polar surface area (TPSA) is 34.1 Å². The van der Waals surface area contributed by atoms with Crippen molar-refractivity contribution < 1.29 is 4.74 Å². The van der Waals surface area contributed by atoms with Crippen LogP contribution in [0.1, 0.15) is 25.0 Å². The summed E-state index contributed by atoms with van der Waals surface area (Å²) in [7, 11) is 1.66. The van der Waals surface area contributed by atoms with Crippen LogP contribution in [0.2, 0.25) is 0 Å². The summed E-state index contributed by atoms with van der Waals surface area (Å²) in [5.74, 6) is 0.785. The van der Waals surface area contributed by atoms with Gasteiger partial charge in [0.2, 0.25) is 0 Å². The van der Waals surface area contributed by atoms with Crippen LogP contribution in [0.25, 0.3) is 11.1 Å². The van der Waals surface area contributed by atoms with Gasteiger partial charge in [0, 0.05) is 24.3 Å². The molecule has 3 heteroatoms. The number of aryl methyl sites for hydroxylation is 1. The summed E-state index contributed by atoms with van der Waals surface area (Å²) < 4.78 is 5.25. The molecule has 0 unspecified atom stereocenters. The third-order valence-electron chi connectivity index (χ3n) is 3.28. The van der Waals surface area contributed by atoms with Gasteiger partial charge in [-0.2, -0.15) is 0 Å². The lowest BCUT2D eigenvalue weighted by Gasteiger charge is -2.12. The molecule has 3 nitrogen and oxygen atoms in total. The number of methoxy groups -OCH3 is 1. The van der Waals surface area contributed by atoms with Crippen molar-refractivity contribution in [3.8, 4) is 16.9 Å². The van der Waals surface area contributed by atoms with E-state index < -0.39 is 0 Å². The summed E-state index contributed by atoms with van der Waals surface area (Å²) in [6.45, 7) is 7.30. The number of hydrogen-bond donors (Lipinski definition) is 1. The van der Waals surface area contributed by atoms with E-state index in [-0.39, 0.29) is 0 Å². The fourth-order valence-electron chi connectivity index (χ4n) is 2.09. The van der Waals surface area contributed by atoms with Crippen LogP contribution < -0.4 is 10.1 Å². The van der Waals surface area contributed by atoms with E-state index in [2.05, 4.69) is 49.3 Å². The van der Waals surface area contributed by atoms with Crippen molar-refractivity contribution in [1.82, 2.24) is 10.3 Å². The average Bonchev–Trinajstić information content (AvgIpc) is 2.46. The van der Waals surface area contributed by atoms with Crippen molar-refractivity contribution in [3.05, 3.63) is 47.8 Å².